The first-order valence-corrected chi connectivity index (χ1v) is 6.23. The Labute approximate surface area is 123 Å². The number of methoxy groups -OCH3 is 1. The second kappa shape index (κ2) is 5.07. The minimum Gasteiger partial charge on any atom is -0.497 e. The highest BCUT2D eigenvalue weighted by atomic mass is 35.6. The van der Waals surface area contributed by atoms with E-state index in [-0.39, 0.29) is 5.70 Å². The molecular weight excluding hydrogens is 316 g/mol. The summed E-state index contributed by atoms with van der Waals surface area (Å²) in [7, 11) is 1.49. The maximum absolute atomic E-state index is 11.0. The number of hydrogen-bond donors (Lipinski definition) is 0. The molecule has 0 N–H and O–H groups in total. The van der Waals surface area contributed by atoms with Crippen LogP contribution in [0.15, 0.2) is 23.9 Å². The molecule has 8 heteroatoms. The van der Waals surface area contributed by atoms with Crippen molar-refractivity contribution in [3.63, 3.8) is 0 Å². The number of nitro groups is 1. The second-order valence-corrected chi connectivity index (χ2v) is 6.14. The monoisotopic (exact) mass is 323 g/mol. The number of nitrogens with zero attached hydrogens (tertiary/aromatic N) is 1. The average Bonchev–Trinajstić information content (AvgIpc) is 2.35. The molecule has 0 aromatic heterocycles. The van der Waals surface area contributed by atoms with Gasteiger partial charge in [0.05, 0.1) is 12.0 Å². The van der Waals surface area contributed by atoms with Gasteiger partial charge in [-0.05, 0) is 18.2 Å². The van der Waals surface area contributed by atoms with E-state index in [2.05, 4.69) is 0 Å². The zero-order valence-corrected chi connectivity index (χ0v) is 11.9. The van der Waals surface area contributed by atoms with E-state index in [1.165, 1.54) is 13.2 Å². The van der Waals surface area contributed by atoms with Gasteiger partial charge >= 0.3 is 0 Å². The molecule has 19 heavy (non-hydrogen) atoms. The van der Waals surface area contributed by atoms with Crippen LogP contribution < -0.4 is 9.47 Å². The molecule has 1 atom stereocenters. The quantitative estimate of drug-likeness (QED) is 0.475. The Bertz CT molecular complexity index is 553. The van der Waals surface area contributed by atoms with Crippen molar-refractivity contribution in [1.29, 1.82) is 0 Å². The SMILES string of the molecule is COc1ccc2c(c1)C=C([N+](=O)[O-])C(C(Cl)(Cl)Cl)O2. The van der Waals surface area contributed by atoms with Crippen molar-refractivity contribution in [2.24, 2.45) is 0 Å². The fourth-order valence-corrected chi connectivity index (χ4v) is 2.15. The summed E-state index contributed by atoms with van der Waals surface area (Å²) in [5.41, 5.74) is 0.178. The lowest BCUT2D eigenvalue weighted by Gasteiger charge is -2.27. The Morgan fingerprint density at radius 2 is 2.11 bits per heavy atom. The van der Waals surface area contributed by atoms with Crippen LogP contribution in [-0.2, 0) is 0 Å². The minimum absolute atomic E-state index is 0.319. The molecule has 0 saturated carbocycles. The van der Waals surface area contributed by atoms with Gasteiger partial charge in [0.2, 0.25) is 9.90 Å². The van der Waals surface area contributed by atoms with E-state index in [1.54, 1.807) is 18.2 Å². The summed E-state index contributed by atoms with van der Waals surface area (Å²) in [6.45, 7) is 0. The zero-order valence-electron chi connectivity index (χ0n) is 9.60. The largest absolute Gasteiger partial charge is 0.497 e. The number of rotatable bonds is 2. The molecule has 0 radical (unpaired) electrons. The van der Waals surface area contributed by atoms with Crippen LogP contribution in [0.25, 0.3) is 6.08 Å². The Hall–Kier alpha value is -1.17. The van der Waals surface area contributed by atoms with Crippen LogP contribution in [0, 0.1) is 10.1 Å². The third-order valence-corrected chi connectivity index (χ3v) is 3.14. The van der Waals surface area contributed by atoms with Crippen LogP contribution in [0.2, 0.25) is 0 Å². The second-order valence-electron chi connectivity index (χ2n) is 3.77. The van der Waals surface area contributed by atoms with E-state index < -0.39 is 14.8 Å². The van der Waals surface area contributed by atoms with Crippen LogP contribution in [0.5, 0.6) is 11.5 Å². The Morgan fingerprint density at radius 3 is 2.63 bits per heavy atom. The van der Waals surface area contributed by atoms with Crippen LogP contribution in [0.1, 0.15) is 5.56 Å². The van der Waals surface area contributed by atoms with Gasteiger partial charge in [0, 0.05) is 11.6 Å². The maximum Gasteiger partial charge on any atom is 0.291 e. The highest BCUT2D eigenvalue weighted by Gasteiger charge is 2.46. The van der Waals surface area contributed by atoms with E-state index in [4.69, 9.17) is 44.3 Å². The first-order chi connectivity index (χ1) is 8.82. The van der Waals surface area contributed by atoms with Crippen LogP contribution in [0.4, 0.5) is 0 Å². The van der Waals surface area contributed by atoms with Crippen molar-refractivity contribution in [3.8, 4) is 11.5 Å². The predicted octanol–water partition coefficient (Wildman–Crippen LogP) is 3.44. The predicted molar refractivity (Wildman–Crippen MR) is 72.7 cm³/mol. The first kappa shape index (κ1) is 14.2. The van der Waals surface area contributed by atoms with Gasteiger partial charge in [0.15, 0.2) is 0 Å². The molecule has 1 aromatic carbocycles. The molecule has 0 amide bonds. The number of ether oxygens (including phenoxy) is 2. The lowest BCUT2D eigenvalue weighted by Crippen LogP contribution is -2.38. The summed E-state index contributed by atoms with van der Waals surface area (Å²) < 4.78 is 8.51. The topological polar surface area (TPSA) is 61.6 Å². The van der Waals surface area contributed by atoms with E-state index >= 15 is 0 Å². The van der Waals surface area contributed by atoms with Crippen molar-refractivity contribution in [3.05, 3.63) is 39.6 Å². The summed E-state index contributed by atoms with van der Waals surface area (Å²) >= 11 is 17.1. The molecular formula is C11H8Cl3NO4. The molecule has 2 rings (SSSR count). The smallest absolute Gasteiger partial charge is 0.291 e. The van der Waals surface area contributed by atoms with Gasteiger partial charge in [-0.1, -0.05) is 34.8 Å². The zero-order chi connectivity index (χ0) is 14.2. The Morgan fingerprint density at radius 1 is 1.42 bits per heavy atom. The van der Waals surface area contributed by atoms with Crippen molar-refractivity contribution < 1.29 is 14.4 Å². The molecule has 0 fully saturated rings. The molecule has 102 valence electrons. The number of fused-ring (bicyclic) bond motifs is 1. The molecule has 1 unspecified atom stereocenters. The molecule has 1 aliphatic heterocycles. The third-order valence-electron chi connectivity index (χ3n) is 2.54. The van der Waals surface area contributed by atoms with Crippen LogP contribution >= 0.6 is 34.8 Å². The van der Waals surface area contributed by atoms with Crippen molar-refractivity contribution in [1.82, 2.24) is 0 Å². The minimum atomic E-state index is -1.93. The summed E-state index contributed by atoms with van der Waals surface area (Å²) in [5.74, 6) is 0.941. The molecule has 1 aliphatic rings. The molecule has 0 spiro atoms. The van der Waals surface area contributed by atoms with Gasteiger partial charge in [0.25, 0.3) is 5.70 Å². The third kappa shape index (κ3) is 2.88. The fourth-order valence-electron chi connectivity index (χ4n) is 1.68. The number of alkyl halides is 3. The lowest BCUT2D eigenvalue weighted by molar-refractivity contribution is -0.433. The van der Waals surface area contributed by atoms with E-state index in [1.807, 2.05) is 0 Å². The highest BCUT2D eigenvalue weighted by Crippen LogP contribution is 2.42. The number of halogens is 3. The van der Waals surface area contributed by atoms with Gasteiger partial charge in [-0.25, -0.2) is 0 Å². The summed E-state index contributed by atoms with van der Waals surface area (Å²) in [6.07, 6.45) is 0.0434. The molecule has 1 aromatic rings. The molecule has 0 saturated heterocycles. The van der Waals surface area contributed by atoms with Gasteiger partial charge in [-0.3, -0.25) is 10.1 Å². The first-order valence-electron chi connectivity index (χ1n) is 5.10. The standard InChI is InChI=1S/C11H8Cl3NO4/c1-18-7-2-3-9-6(4-7)5-8(15(16)17)10(19-9)11(12,13)14/h2-5,10H,1H3. The van der Waals surface area contributed by atoms with Crippen molar-refractivity contribution in [2.75, 3.05) is 7.11 Å². The Kier molecular flexibility index (Phi) is 3.80. The molecule has 0 bridgehead atoms. The van der Waals surface area contributed by atoms with Gasteiger partial charge in [0.1, 0.15) is 11.5 Å². The summed E-state index contributed by atoms with van der Waals surface area (Å²) in [4.78, 5) is 10.4. The highest BCUT2D eigenvalue weighted by molar-refractivity contribution is 6.68. The molecule has 1 heterocycles. The normalized spacial score (nSPS) is 18.1. The van der Waals surface area contributed by atoms with Crippen molar-refractivity contribution in [2.45, 2.75) is 9.90 Å². The Balaban J connectivity index is 2.51. The lowest BCUT2D eigenvalue weighted by atomic mass is 10.1. The van der Waals surface area contributed by atoms with E-state index in [0.29, 0.717) is 17.1 Å². The average molecular weight is 325 g/mol. The summed E-state index contributed by atoms with van der Waals surface area (Å²) in [6, 6.07) is 4.86. The van der Waals surface area contributed by atoms with E-state index in [9.17, 15) is 10.1 Å². The van der Waals surface area contributed by atoms with Crippen LogP contribution in [0.3, 0.4) is 0 Å². The van der Waals surface area contributed by atoms with Crippen LogP contribution in [-0.4, -0.2) is 21.9 Å². The fraction of sp³-hybridized carbons (Fsp3) is 0.273. The molecule has 5 nitrogen and oxygen atoms in total. The van der Waals surface area contributed by atoms with Gasteiger partial charge < -0.3 is 9.47 Å². The van der Waals surface area contributed by atoms with Crippen molar-refractivity contribution >= 4 is 40.9 Å². The van der Waals surface area contributed by atoms with Gasteiger partial charge in [-0.15, -0.1) is 0 Å². The van der Waals surface area contributed by atoms with E-state index in [0.717, 1.165) is 0 Å². The summed E-state index contributed by atoms with van der Waals surface area (Å²) in [5, 5.41) is 11.0. The van der Waals surface area contributed by atoms with Gasteiger partial charge in [-0.2, -0.15) is 0 Å². The molecule has 0 aliphatic carbocycles. The number of hydrogen-bond acceptors (Lipinski definition) is 4. The maximum atomic E-state index is 11.0. The number of benzene rings is 1.